The van der Waals surface area contributed by atoms with Gasteiger partial charge in [0.25, 0.3) is 0 Å². The van der Waals surface area contributed by atoms with Gasteiger partial charge in [-0.25, -0.2) is 4.98 Å². The van der Waals surface area contributed by atoms with E-state index in [0.29, 0.717) is 28.3 Å². The highest BCUT2D eigenvalue weighted by Gasteiger charge is 2.37. The number of alkyl halides is 3. The van der Waals surface area contributed by atoms with Crippen LogP contribution in [0.5, 0.6) is 0 Å². The van der Waals surface area contributed by atoms with Crippen molar-refractivity contribution in [1.29, 1.82) is 0 Å². The number of nitrogens with one attached hydrogen (secondary N) is 1. The van der Waals surface area contributed by atoms with E-state index in [1.807, 2.05) is 0 Å². The molecule has 1 aromatic heterocycles. The monoisotopic (exact) mass is 319 g/mol. The number of carbonyl (C=O) groups is 1. The van der Waals surface area contributed by atoms with Crippen molar-refractivity contribution in [2.24, 2.45) is 5.92 Å². The Balaban J connectivity index is 1.79. The molecule has 1 aliphatic rings. The van der Waals surface area contributed by atoms with E-state index in [1.165, 1.54) is 12.2 Å². The predicted molar refractivity (Wildman–Crippen MR) is 78.5 cm³/mol. The summed E-state index contributed by atoms with van der Waals surface area (Å²) < 4.78 is 37.9. The number of halogens is 3. The van der Waals surface area contributed by atoms with Crippen LogP contribution >= 0.6 is 0 Å². The van der Waals surface area contributed by atoms with Gasteiger partial charge in [0.05, 0.1) is 5.92 Å². The van der Waals surface area contributed by atoms with Crippen LogP contribution in [0.1, 0.15) is 22.6 Å². The molecule has 3 rings (SSSR count). The van der Waals surface area contributed by atoms with E-state index >= 15 is 0 Å². The third-order valence-electron chi connectivity index (χ3n) is 3.58. The summed E-state index contributed by atoms with van der Waals surface area (Å²) in [5, 5.41) is 6.79. The third-order valence-corrected chi connectivity index (χ3v) is 3.58. The Labute approximate surface area is 129 Å². The summed E-state index contributed by atoms with van der Waals surface area (Å²) in [4.78, 5) is 14.9. The van der Waals surface area contributed by atoms with Gasteiger partial charge >= 0.3 is 6.18 Å². The van der Waals surface area contributed by atoms with E-state index in [0.717, 1.165) is 12.4 Å². The zero-order chi connectivity index (χ0) is 16.4. The number of benzene rings is 1. The van der Waals surface area contributed by atoms with Gasteiger partial charge in [-0.3, -0.25) is 9.89 Å². The molecule has 0 saturated carbocycles. The third kappa shape index (κ3) is 3.23. The first kappa shape index (κ1) is 15.2. The second-order valence-electron chi connectivity index (χ2n) is 5.15. The van der Waals surface area contributed by atoms with E-state index in [4.69, 9.17) is 0 Å². The van der Waals surface area contributed by atoms with Gasteiger partial charge in [-0.2, -0.15) is 18.3 Å². The number of nitrogens with zero attached hydrogens (tertiary/aromatic N) is 2. The van der Waals surface area contributed by atoms with Gasteiger partial charge in [0.2, 0.25) is 0 Å². The molecule has 0 aliphatic heterocycles. The van der Waals surface area contributed by atoms with E-state index in [-0.39, 0.29) is 6.42 Å². The van der Waals surface area contributed by atoms with Crippen molar-refractivity contribution in [2.45, 2.75) is 12.6 Å². The van der Waals surface area contributed by atoms with E-state index in [1.54, 1.807) is 24.3 Å². The Bertz CT molecular complexity index is 773. The normalized spacial score (nSPS) is 17.9. The quantitative estimate of drug-likeness (QED) is 0.875. The highest BCUT2D eigenvalue weighted by Crippen LogP contribution is 2.34. The summed E-state index contributed by atoms with van der Waals surface area (Å²) in [5.41, 5.74) is 1.83. The Morgan fingerprint density at radius 2 is 1.96 bits per heavy atom. The summed E-state index contributed by atoms with van der Waals surface area (Å²) in [7, 11) is 0. The summed E-state index contributed by atoms with van der Waals surface area (Å²) in [6, 6.07) is 6.71. The van der Waals surface area contributed by atoms with E-state index in [9.17, 15) is 18.0 Å². The molecule has 0 amide bonds. The van der Waals surface area contributed by atoms with Crippen molar-refractivity contribution >= 4 is 11.9 Å². The maximum atomic E-state index is 12.6. The number of allylic oxidation sites excluding steroid dienone is 4. The molecule has 23 heavy (non-hydrogen) atoms. The molecule has 7 heteroatoms. The molecule has 2 aromatic rings. The topological polar surface area (TPSA) is 58.6 Å². The molecule has 0 spiro atoms. The Morgan fingerprint density at radius 3 is 2.52 bits per heavy atom. The minimum atomic E-state index is -4.23. The fraction of sp³-hybridized carbons (Fsp3) is 0.188. The summed E-state index contributed by atoms with van der Waals surface area (Å²) in [6.07, 6.45) is 0.433. The highest BCUT2D eigenvalue weighted by molar-refractivity contribution is 5.76. The molecular weight excluding hydrogens is 307 g/mol. The van der Waals surface area contributed by atoms with Crippen LogP contribution in [0.25, 0.3) is 17.0 Å². The fourth-order valence-corrected chi connectivity index (χ4v) is 2.27. The van der Waals surface area contributed by atoms with Crippen LogP contribution in [-0.2, 0) is 0 Å². The average Bonchev–Trinajstić information content (AvgIpc) is 3.04. The second kappa shape index (κ2) is 5.83. The highest BCUT2D eigenvalue weighted by atomic mass is 19.4. The summed E-state index contributed by atoms with van der Waals surface area (Å²) in [5.74, 6) is -0.620. The lowest BCUT2D eigenvalue weighted by Crippen LogP contribution is -2.21. The number of rotatable bonds is 3. The number of aldehydes is 1. The number of hydrogen-bond acceptors (Lipinski definition) is 3. The molecule has 0 fully saturated rings. The molecule has 4 nitrogen and oxygen atoms in total. The van der Waals surface area contributed by atoms with Gasteiger partial charge in [0, 0.05) is 16.7 Å². The van der Waals surface area contributed by atoms with Crippen LogP contribution in [0.2, 0.25) is 0 Å². The van der Waals surface area contributed by atoms with Crippen molar-refractivity contribution in [3.05, 3.63) is 53.9 Å². The molecule has 118 valence electrons. The van der Waals surface area contributed by atoms with Crippen LogP contribution in [0.4, 0.5) is 13.2 Å². The first-order valence-electron chi connectivity index (χ1n) is 6.91. The fourth-order valence-electron chi connectivity index (χ4n) is 2.27. The number of aromatic amines is 1. The van der Waals surface area contributed by atoms with Gasteiger partial charge in [0.1, 0.15) is 6.29 Å². The average molecular weight is 319 g/mol. The standard InChI is InChI=1S/C16H12F3N3O/c17-16(18,19)13-7-5-12(6-8-13)15-20-14(21-22-15)11-3-1-10(9-23)2-4-11/h1-7,9,13H,8H2,(H,20,21,22). The maximum absolute atomic E-state index is 12.6. The first-order valence-corrected chi connectivity index (χ1v) is 6.91. The minimum absolute atomic E-state index is 0.112. The van der Waals surface area contributed by atoms with Crippen molar-refractivity contribution in [2.75, 3.05) is 0 Å². The van der Waals surface area contributed by atoms with E-state index in [2.05, 4.69) is 15.2 Å². The lowest BCUT2D eigenvalue weighted by Gasteiger charge is -2.18. The predicted octanol–water partition coefficient (Wildman–Crippen LogP) is 3.81. The number of aromatic nitrogens is 3. The smallest absolute Gasteiger partial charge is 0.298 e. The van der Waals surface area contributed by atoms with Gasteiger partial charge in [0.15, 0.2) is 11.6 Å². The Hall–Kier alpha value is -2.70. The number of hydrogen-bond donors (Lipinski definition) is 1. The molecular formula is C16H12F3N3O. The van der Waals surface area contributed by atoms with Gasteiger partial charge in [-0.15, -0.1) is 0 Å². The maximum Gasteiger partial charge on any atom is 0.395 e. The second-order valence-corrected chi connectivity index (χ2v) is 5.15. The lowest BCUT2D eigenvalue weighted by atomic mass is 9.96. The van der Waals surface area contributed by atoms with E-state index < -0.39 is 12.1 Å². The van der Waals surface area contributed by atoms with Gasteiger partial charge < -0.3 is 0 Å². The number of carbonyl (C=O) groups excluding carboxylic acids is 1. The summed E-state index contributed by atoms with van der Waals surface area (Å²) in [6.45, 7) is 0. The van der Waals surface area contributed by atoms with Crippen molar-refractivity contribution in [3.63, 3.8) is 0 Å². The van der Waals surface area contributed by atoms with Crippen molar-refractivity contribution in [1.82, 2.24) is 15.2 Å². The molecule has 1 aromatic carbocycles. The SMILES string of the molecule is O=Cc1ccc(-c2n[nH]c(C3=CCC(C(F)(F)F)C=C3)n2)cc1. The molecule has 1 N–H and O–H groups in total. The molecule has 1 unspecified atom stereocenters. The van der Waals surface area contributed by atoms with Crippen LogP contribution in [0.15, 0.2) is 42.5 Å². The van der Waals surface area contributed by atoms with Gasteiger partial charge in [-0.1, -0.05) is 42.5 Å². The lowest BCUT2D eigenvalue weighted by molar-refractivity contribution is -0.160. The zero-order valence-corrected chi connectivity index (χ0v) is 11.8. The van der Waals surface area contributed by atoms with Crippen LogP contribution in [0, 0.1) is 5.92 Å². The Kier molecular flexibility index (Phi) is 3.85. The van der Waals surface area contributed by atoms with Crippen LogP contribution < -0.4 is 0 Å². The molecule has 0 saturated heterocycles. The zero-order valence-electron chi connectivity index (χ0n) is 11.8. The van der Waals surface area contributed by atoms with Crippen LogP contribution in [0.3, 0.4) is 0 Å². The molecule has 1 aliphatic carbocycles. The number of H-pyrrole nitrogens is 1. The molecule has 1 heterocycles. The first-order chi connectivity index (χ1) is 11.0. The van der Waals surface area contributed by atoms with Crippen molar-refractivity contribution in [3.8, 4) is 11.4 Å². The molecule has 0 radical (unpaired) electrons. The largest absolute Gasteiger partial charge is 0.395 e. The minimum Gasteiger partial charge on any atom is -0.298 e. The summed E-state index contributed by atoms with van der Waals surface area (Å²) >= 11 is 0. The van der Waals surface area contributed by atoms with Crippen molar-refractivity contribution < 1.29 is 18.0 Å². The molecule has 1 atom stereocenters. The Morgan fingerprint density at radius 1 is 1.22 bits per heavy atom. The van der Waals surface area contributed by atoms with Gasteiger partial charge in [-0.05, 0) is 6.42 Å². The van der Waals surface area contributed by atoms with Crippen LogP contribution in [-0.4, -0.2) is 27.6 Å². The molecule has 0 bridgehead atoms.